The molecule has 1 unspecified atom stereocenters. The van der Waals surface area contributed by atoms with Gasteiger partial charge in [-0.25, -0.2) is 0 Å². The van der Waals surface area contributed by atoms with Crippen molar-refractivity contribution in [3.63, 3.8) is 0 Å². The van der Waals surface area contributed by atoms with Crippen molar-refractivity contribution >= 4 is 5.69 Å². The second kappa shape index (κ2) is 6.23. The van der Waals surface area contributed by atoms with Gasteiger partial charge in [0, 0.05) is 24.1 Å². The first-order chi connectivity index (χ1) is 9.65. The molecule has 0 saturated carbocycles. The molecule has 1 heterocycles. The first-order valence-electron chi connectivity index (χ1n) is 6.40. The van der Waals surface area contributed by atoms with Gasteiger partial charge in [-0.15, -0.1) is 0 Å². The Balaban J connectivity index is 2.25. The van der Waals surface area contributed by atoms with E-state index in [0.717, 1.165) is 22.7 Å². The average molecular weight is 273 g/mol. The quantitative estimate of drug-likeness (QED) is 0.907. The number of benzene rings is 1. The molecule has 0 amide bonds. The number of aryl methyl sites for hydroxylation is 1. The normalized spacial score (nSPS) is 11.8. The minimum Gasteiger partial charge on any atom is -0.493 e. The molecule has 0 aliphatic rings. The minimum atomic E-state index is 0.0560. The van der Waals surface area contributed by atoms with E-state index in [0.29, 0.717) is 5.75 Å². The van der Waals surface area contributed by atoms with E-state index in [2.05, 4.69) is 15.3 Å². The lowest BCUT2D eigenvalue weighted by molar-refractivity contribution is 0.355. The van der Waals surface area contributed by atoms with Crippen molar-refractivity contribution in [1.82, 2.24) is 9.97 Å². The first kappa shape index (κ1) is 14.1. The molecule has 1 aromatic heterocycles. The highest BCUT2D eigenvalue weighted by atomic mass is 16.5. The van der Waals surface area contributed by atoms with Crippen molar-refractivity contribution in [3.05, 3.63) is 42.0 Å². The fourth-order valence-corrected chi connectivity index (χ4v) is 1.98. The van der Waals surface area contributed by atoms with Crippen LogP contribution in [-0.2, 0) is 0 Å². The SMILES string of the molecule is COc1cc(C)c(NC(C)c2cnccn2)cc1OC. The van der Waals surface area contributed by atoms with Gasteiger partial charge < -0.3 is 14.8 Å². The predicted octanol–water partition coefficient (Wildman–Crippen LogP) is 2.98. The lowest BCUT2D eigenvalue weighted by atomic mass is 10.1. The van der Waals surface area contributed by atoms with Gasteiger partial charge in [0.05, 0.1) is 32.2 Å². The largest absolute Gasteiger partial charge is 0.493 e. The van der Waals surface area contributed by atoms with Crippen molar-refractivity contribution in [2.24, 2.45) is 0 Å². The summed E-state index contributed by atoms with van der Waals surface area (Å²) >= 11 is 0. The molecule has 0 aliphatic carbocycles. The Kier molecular flexibility index (Phi) is 4.40. The van der Waals surface area contributed by atoms with Gasteiger partial charge in [0.15, 0.2) is 11.5 Å². The Morgan fingerprint density at radius 2 is 1.80 bits per heavy atom. The highest BCUT2D eigenvalue weighted by molar-refractivity contribution is 5.60. The van der Waals surface area contributed by atoms with Crippen LogP contribution in [0.2, 0.25) is 0 Å². The minimum absolute atomic E-state index is 0.0560. The molecule has 20 heavy (non-hydrogen) atoms. The summed E-state index contributed by atoms with van der Waals surface area (Å²) in [5.74, 6) is 1.43. The zero-order valence-electron chi connectivity index (χ0n) is 12.2. The number of ether oxygens (including phenoxy) is 2. The predicted molar refractivity (Wildman–Crippen MR) is 78.4 cm³/mol. The Morgan fingerprint density at radius 3 is 2.40 bits per heavy atom. The number of anilines is 1. The summed E-state index contributed by atoms with van der Waals surface area (Å²) < 4.78 is 10.6. The van der Waals surface area contributed by atoms with Crippen molar-refractivity contribution in [3.8, 4) is 11.5 Å². The molecular formula is C15H19N3O2. The Hall–Kier alpha value is -2.30. The second-order valence-corrected chi connectivity index (χ2v) is 4.52. The molecule has 1 aromatic carbocycles. The number of nitrogens with one attached hydrogen (secondary N) is 1. The Labute approximate surface area is 119 Å². The van der Waals surface area contributed by atoms with Gasteiger partial charge in [0.1, 0.15) is 0 Å². The molecular weight excluding hydrogens is 254 g/mol. The van der Waals surface area contributed by atoms with E-state index < -0.39 is 0 Å². The van der Waals surface area contributed by atoms with E-state index in [1.54, 1.807) is 32.8 Å². The van der Waals surface area contributed by atoms with Gasteiger partial charge in [-0.1, -0.05) is 0 Å². The zero-order chi connectivity index (χ0) is 14.5. The molecule has 1 N–H and O–H groups in total. The van der Waals surface area contributed by atoms with Crippen molar-refractivity contribution in [2.45, 2.75) is 19.9 Å². The van der Waals surface area contributed by atoms with Crippen LogP contribution in [0, 0.1) is 6.92 Å². The summed E-state index contributed by atoms with van der Waals surface area (Å²) in [6.07, 6.45) is 5.11. The molecule has 106 valence electrons. The van der Waals surface area contributed by atoms with Crippen LogP contribution in [0.15, 0.2) is 30.7 Å². The van der Waals surface area contributed by atoms with Gasteiger partial charge in [-0.3, -0.25) is 9.97 Å². The van der Waals surface area contributed by atoms with Crippen molar-refractivity contribution in [2.75, 3.05) is 19.5 Å². The summed E-state index contributed by atoms with van der Waals surface area (Å²) in [4.78, 5) is 8.38. The van der Waals surface area contributed by atoms with E-state index in [1.165, 1.54) is 0 Å². The monoisotopic (exact) mass is 273 g/mol. The number of hydrogen-bond donors (Lipinski definition) is 1. The standard InChI is InChI=1S/C15H19N3O2/c1-10-7-14(19-3)15(20-4)8-12(10)18-11(2)13-9-16-5-6-17-13/h5-9,11,18H,1-4H3. The van der Waals surface area contributed by atoms with E-state index in [4.69, 9.17) is 9.47 Å². The van der Waals surface area contributed by atoms with Crippen LogP contribution in [0.25, 0.3) is 0 Å². The fraction of sp³-hybridized carbons (Fsp3) is 0.333. The molecule has 0 radical (unpaired) electrons. The second-order valence-electron chi connectivity index (χ2n) is 4.52. The molecule has 5 nitrogen and oxygen atoms in total. The van der Waals surface area contributed by atoms with E-state index >= 15 is 0 Å². The molecule has 0 fully saturated rings. The number of aromatic nitrogens is 2. The molecule has 0 saturated heterocycles. The van der Waals surface area contributed by atoms with Crippen LogP contribution in [0.1, 0.15) is 24.2 Å². The van der Waals surface area contributed by atoms with Crippen molar-refractivity contribution in [1.29, 1.82) is 0 Å². The van der Waals surface area contributed by atoms with Crippen LogP contribution in [0.3, 0.4) is 0 Å². The number of methoxy groups -OCH3 is 2. The number of nitrogens with zero attached hydrogens (tertiary/aromatic N) is 2. The Morgan fingerprint density at radius 1 is 1.10 bits per heavy atom. The average Bonchev–Trinajstić information content (AvgIpc) is 2.49. The molecule has 2 aromatic rings. The van der Waals surface area contributed by atoms with Crippen LogP contribution in [0.5, 0.6) is 11.5 Å². The maximum Gasteiger partial charge on any atom is 0.162 e. The third-order valence-corrected chi connectivity index (χ3v) is 3.13. The molecule has 5 heteroatoms. The zero-order valence-corrected chi connectivity index (χ0v) is 12.2. The first-order valence-corrected chi connectivity index (χ1v) is 6.40. The van der Waals surface area contributed by atoms with Gasteiger partial charge in [0.25, 0.3) is 0 Å². The molecule has 1 atom stereocenters. The number of rotatable bonds is 5. The van der Waals surface area contributed by atoms with E-state index in [-0.39, 0.29) is 6.04 Å². The number of hydrogen-bond acceptors (Lipinski definition) is 5. The fourth-order valence-electron chi connectivity index (χ4n) is 1.98. The third kappa shape index (κ3) is 2.99. The van der Waals surface area contributed by atoms with E-state index in [9.17, 15) is 0 Å². The highest BCUT2D eigenvalue weighted by Gasteiger charge is 2.12. The third-order valence-electron chi connectivity index (χ3n) is 3.13. The smallest absolute Gasteiger partial charge is 0.162 e. The van der Waals surface area contributed by atoms with Crippen LogP contribution >= 0.6 is 0 Å². The maximum absolute atomic E-state index is 5.33. The van der Waals surface area contributed by atoms with Gasteiger partial charge >= 0.3 is 0 Å². The summed E-state index contributed by atoms with van der Waals surface area (Å²) in [6.45, 7) is 4.06. The highest BCUT2D eigenvalue weighted by Crippen LogP contribution is 2.34. The molecule has 0 bridgehead atoms. The molecule has 2 rings (SSSR count). The van der Waals surface area contributed by atoms with Crippen LogP contribution < -0.4 is 14.8 Å². The lowest BCUT2D eigenvalue weighted by Gasteiger charge is -2.18. The Bertz CT molecular complexity index is 573. The maximum atomic E-state index is 5.33. The summed E-state index contributed by atoms with van der Waals surface area (Å²) in [7, 11) is 3.26. The molecule has 0 spiro atoms. The summed E-state index contributed by atoms with van der Waals surface area (Å²) in [5, 5.41) is 3.41. The topological polar surface area (TPSA) is 56.3 Å². The lowest BCUT2D eigenvalue weighted by Crippen LogP contribution is -2.10. The van der Waals surface area contributed by atoms with Gasteiger partial charge in [0.2, 0.25) is 0 Å². The van der Waals surface area contributed by atoms with Crippen LogP contribution in [0.4, 0.5) is 5.69 Å². The van der Waals surface area contributed by atoms with Crippen molar-refractivity contribution < 1.29 is 9.47 Å². The van der Waals surface area contributed by atoms with Crippen LogP contribution in [-0.4, -0.2) is 24.2 Å². The summed E-state index contributed by atoms with van der Waals surface area (Å²) in [5.41, 5.74) is 2.96. The van der Waals surface area contributed by atoms with E-state index in [1.807, 2.05) is 26.0 Å². The van der Waals surface area contributed by atoms with Gasteiger partial charge in [-0.05, 0) is 25.5 Å². The molecule has 0 aliphatic heterocycles. The van der Waals surface area contributed by atoms with Gasteiger partial charge in [-0.2, -0.15) is 0 Å². The summed E-state index contributed by atoms with van der Waals surface area (Å²) in [6, 6.07) is 3.94.